The Hall–Kier alpha value is -1.30. The third-order valence-electron chi connectivity index (χ3n) is 3.68. The second-order valence-electron chi connectivity index (χ2n) is 5.26. The molecule has 0 radical (unpaired) electrons. The summed E-state index contributed by atoms with van der Waals surface area (Å²) in [6.45, 7) is 2.96. The Balaban J connectivity index is 2.16. The van der Waals surface area contributed by atoms with E-state index in [1.54, 1.807) is 28.0 Å². The average Bonchev–Trinajstić information content (AvgIpc) is 2.83. The van der Waals surface area contributed by atoms with Crippen LogP contribution in [0.3, 0.4) is 0 Å². The number of anilines is 1. The van der Waals surface area contributed by atoms with Crippen LogP contribution in [0, 0.1) is 0 Å². The van der Waals surface area contributed by atoms with Gasteiger partial charge in [0.15, 0.2) is 0 Å². The van der Waals surface area contributed by atoms with Gasteiger partial charge in [0.1, 0.15) is 0 Å². The fourth-order valence-corrected chi connectivity index (χ4v) is 3.01. The maximum Gasteiger partial charge on any atom is 0.317 e. The van der Waals surface area contributed by atoms with E-state index in [9.17, 15) is 9.59 Å². The predicted molar refractivity (Wildman–Crippen MR) is 86.7 cm³/mol. The molecular formula is C15H18Cl2N2O3. The minimum absolute atomic E-state index is 0.0897. The van der Waals surface area contributed by atoms with E-state index in [0.717, 1.165) is 6.42 Å². The van der Waals surface area contributed by atoms with Crippen LogP contribution < -0.4 is 4.90 Å². The summed E-state index contributed by atoms with van der Waals surface area (Å²) in [5, 5.41) is 9.84. The number of carbonyl (C=O) groups excluding carboxylic acids is 1. The van der Waals surface area contributed by atoms with Crippen LogP contribution in [0.15, 0.2) is 18.2 Å². The van der Waals surface area contributed by atoms with E-state index in [1.807, 2.05) is 6.92 Å². The van der Waals surface area contributed by atoms with Crippen LogP contribution in [0.4, 0.5) is 5.69 Å². The van der Waals surface area contributed by atoms with Crippen LogP contribution in [0.1, 0.15) is 19.8 Å². The Morgan fingerprint density at radius 2 is 2.14 bits per heavy atom. The highest BCUT2D eigenvalue weighted by atomic mass is 35.5. The number of halogens is 2. The molecule has 1 N–H and O–H groups in total. The van der Waals surface area contributed by atoms with Gasteiger partial charge in [-0.3, -0.25) is 14.5 Å². The van der Waals surface area contributed by atoms with Crippen molar-refractivity contribution in [1.29, 1.82) is 0 Å². The second kappa shape index (κ2) is 7.31. The van der Waals surface area contributed by atoms with Crippen LogP contribution >= 0.6 is 23.2 Å². The standard InChI is InChI=1S/C15H18Cl2N2O3/c1-2-6-18(9-14(20)21)13-5-7-19(15(13)22)10-3-4-11(16)12(17)8-10/h3-4,8,13H,2,5-7,9H2,1H3,(H,20,21). The predicted octanol–water partition coefficient (Wildman–Crippen LogP) is 2.90. The van der Waals surface area contributed by atoms with Gasteiger partial charge in [0.25, 0.3) is 0 Å². The lowest BCUT2D eigenvalue weighted by atomic mass is 10.2. The van der Waals surface area contributed by atoms with Gasteiger partial charge in [-0.1, -0.05) is 30.1 Å². The SMILES string of the molecule is CCCN(CC(=O)O)C1CCN(c2ccc(Cl)c(Cl)c2)C1=O. The van der Waals surface area contributed by atoms with Crippen molar-refractivity contribution in [2.24, 2.45) is 0 Å². The Bertz CT molecular complexity index is 580. The molecule has 2 rings (SSSR count). The maximum absolute atomic E-state index is 12.6. The van der Waals surface area contributed by atoms with Crippen molar-refractivity contribution in [3.8, 4) is 0 Å². The molecule has 1 heterocycles. The summed E-state index contributed by atoms with van der Waals surface area (Å²) in [6, 6.07) is 4.66. The smallest absolute Gasteiger partial charge is 0.317 e. The summed E-state index contributed by atoms with van der Waals surface area (Å²) in [4.78, 5) is 27.0. The third-order valence-corrected chi connectivity index (χ3v) is 4.42. The zero-order valence-electron chi connectivity index (χ0n) is 12.3. The lowest BCUT2D eigenvalue weighted by molar-refractivity contribution is -0.139. The summed E-state index contributed by atoms with van der Waals surface area (Å²) < 4.78 is 0. The number of carbonyl (C=O) groups is 2. The average molecular weight is 345 g/mol. The van der Waals surface area contributed by atoms with Crippen molar-refractivity contribution in [2.75, 3.05) is 24.5 Å². The van der Waals surface area contributed by atoms with Crippen molar-refractivity contribution in [3.05, 3.63) is 28.2 Å². The summed E-state index contributed by atoms with van der Waals surface area (Å²) in [5.74, 6) is -1.01. The lowest BCUT2D eigenvalue weighted by Crippen LogP contribution is -2.44. The molecular weight excluding hydrogens is 327 g/mol. The second-order valence-corrected chi connectivity index (χ2v) is 6.07. The van der Waals surface area contributed by atoms with Crippen LogP contribution in [0.5, 0.6) is 0 Å². The number of benzene rings is 1. The van der Waals surface area contributed by atoms with Gasteiger partial charge in [0, 0.05) is 12.2 Å². The van der Waals surface area contributed by atoms with Gasteiger partial charge in [0.2, 0.25) is 5.91 Å². The Morgan fingerprint density at radius 1 is 1.41 bits per heavy atom. The first kappa shape index (κ1) is 17.1. The molecule has 0 spiro atoms. The Morgan fingerprint density at radius 3 is 2.73 bits per heavy atom. The van der Waals surface area contributed by atoms with Gasteiger partial charge in [-0.25, -0.2) is 0 Å². The highest BCUT2D eigenvalue weighted by molar-refractivity contribution is 6.42. The highest BCUT2D eigenvalue weighted by Crippen LogP contribution is 2.30. The van der Waals surface area contributed by atoms with Crippen LogP contribution in [0.2, 0.25) is 10.0 Å². The molecule has 0 bridgehead atoms. The normalized spacial score (nSPS) is 18.3. The van der Waals surface area contributed by atoms with Crippen molar-refractivity contribution in [3.63, 3.8) is 0 Å². The van der Waals surface area contributed by atoms with Gasteiger partial charge < -0.3 is 10.0 Å². The number of rotatable bonds is 6. The molecule has 1 saturated heterocycles. The minimum atomic E-state index is -0.922. The molecule has 0 saturated carbocycles. The molecule has 1 atom stereocenters. The van der Waals surface area contributed by atoms with Crippen LogP contribution in [-0.2, 0) is 9.59 Å². The Kier molecular flexibility index (Phi) is 5.67. The number of aliphatic carboxylic acids is 1. The first-order chi connectivity index (χ1) is 10.4. The minimum Gasteiger partial charge on any atom is -0.480 e. The molecule has 0 aliphatic carbocycles. The molecule has 1 aliphatic heterocycles. The van der Waals surface area contributed by atoms with Gasteiger partial charge in [-0.15, -0.1) is 0 Å². The molecule has 120 valence electrons. The van der Waals surface area contributed by atoms with E-state index < -0.39 is 12.0 Å². The van der Waals surface area contributed by atoms with E-state index >= 15 is 0 Å². The largest absolute Gasteiger partial charge is 0.480 e. The van der Waals surface area contributed by atoms with Gasteiger partial charge in [-0.05, 0) is 37.6 Å². The molecule has 1 unspecified atom stereocenters. The van der Waals surface area contributed by atoms with Crippen molar-refractivity contribution in [1.82, 2.24) is 4.90 Å². The summed E-state index contributed by atoms with van der Waals surface area (Å²) in [6.07, 6.45) is 1.40. The zero-order valence-corrected chi connectivity index (χ0v) is 13.8. The number of nitrogens with zero attached hydrogens (tertiary/aromatic N) is 2. The maximum atomic E-state index is 12.6. The number of hydrogen-bond donors (Lipinski definition) is 1. The van der Waals surface area contributed by atoms with Crippen molar-refractivity contribution in [2.45, 2.75) is 25.8 Å². The highest BCUT2D eigenvalue weighted by Gasteiger charge is 2.37. The van der Waals surface area contributed by atoms with Crippen molar-refractivity contribution < 1.29 is 14.7 Å². The van der Waals surface area contributed by atoms with E-state index in [1.165, 1.54) is 0 Å². The van der Waals surface area contributed by atoms with Crippen LogP contribution in [0.25, 0.3) is 0 Å². The molecule has 5 nitrogen and oxygen atoms in total. The zero-order chi connectivity index (χ0) is 16.3. The number of hydrogen-bond acceptors (Lipinski definition) is 3. The molecule has 22 heavy (non-hydrogen) atoms. The summed E-state index contributed by atoms with van der Waals surface area (Å²) >= 11 is 11.9. The number of amides is 1. The summed E-state index contributed by atoms with van der Waals surface area (Å²) in [5.41, 5.74) is 0.689. The fraction of sp³-hybridized carbons (Fsp3) is 0.467. The lowest BCUT2D eigenvalue weighted by Gasteiger charge is -2.26. The van der Waals surface area contributed by atoms with E-state index in [-0.39, 0.29) is 12.5 Å². The van der Waals surface area contributed by atoms with Crippen molar-refractivity contribution >= 4 is 40.8 Å². The topological polar surface area (TPSA) is 60.9 Å². The molecule has 1 aliphatic rings. The molecule has 1 aromatic rings. The van der Waals surface area contributed by atoms with Crippen LogP contribution in [-0.4, -0.2) is 47.6 Å². The molecule has 7 heteroatoms. The van der Waals surface area contributed by atoms with E-state index in [0.29, 0.717) is 35.2 Å². The molecule has 0 aromatic heterocycles. The number of carboxylic acids is 1. The molecule has 1 amide bonds. The Labute approximate surface area is 139 Å². The molecule has 1 fully saturated rings. The fourth-order valence-electron chi connectivity index (χ4n) is 2.72. The third kappa shape index (κ3) is 3.72. The number of carboxylic acid groups (broad SMARTS) is 1. The van der Waals surface area contributed by atoms with Gasteiger partial charge in [-0.2, -0.15) is 0 Å². The first-order valence-corrected chi connectivity index (χ1v) is 7.92. The summed E-state index contributed by atoms with van der Waals surface area (Å²) in [7, 11) is 0. The van der Waals surface area contributed by atoms with E-state index in [2.05, 4.69) is 0 Å². The monoisotopic (exact) mass is 344 g/mol. The van der Waals surface area contributed by atoms with E-state index in [4.69, 9.17) is 28.3 Å². The quantitative estimate of drug-likeness (QED) is 0.861. The van der Waals surface area contributed by atoms with Gasteiger partial charge >= 0.3 is 5.97 Å². The first-order valence-electron chi connectivity index (χ1n) is 7.16. The van der Waals surface area contributed by atoms with Gasteiger partial charge in [0.05, 0.1) is 22.6 Å². The molecule has 1 aromatic carbocycles.